The maximum atomic E-state index is 13.7. The molecule has 0 radical (unpaired) electrons. The highest BCUT2D eigenvalue weighted by Crippen LogP contribution is 2.57. The highest BCUT2D eigenvalue weighted by atomic mass is 79.9. The maximum Gasteiger partial charge on any atom is 0.288 e. The number of nitrogens with one attached hydrogen (secondary N) is 1. The zero-order valence-corrected chi connectivity index (χ0v) is 17.3. The Kier molecular flexibility index (Phi) is 4.56. The first kappa shape index (κ1) is 18.8. The monoisotopic (exact) mass is 438 g/mol. The van der Waals surface area contributed by atoms with Crippen LogP contribution in [0.3, 0.4) is 0 Å². The van der Waals surface area contributed by atoms with Gasteiger partial charge in [-0.05, 0) is 62.1 Å². The predicted molar refractivity (Wildman–Crippen MR) is 105 cm³/mol. The maximum absolute atomic E-state index is 13.7. The van der Waals surface area contributed by atoms with Gasteiger partial charge in [-0.15, -0.1) is 0 Å². The lowest BCUT2D eigenvalue weighted by Gasteiger charge is -2.53. The van der Waals surface area contributed by atoms with Gasteiger partial charge in [-0.25, -0.2) is 4.98 Å². The molecule has 0 amide bonds. The van der Waals surface area contributed by atoms with Crippen LogP contribution in [0.5, 0.6) is 0 Å². The molecule has 0 atom stereocenters. The van der Waals surface area contributed by atoms with E-state index >= 15 is 0 Å². The second kappa shape index (κ2) is 6.54. The molecule has 2 aromatic heterocycles. The number of pyridine rings is 1. The standard InChI is InChI=1S/C20H25BrF2N4/c1-18(22,23)15-12-16(27(2)26-15)20-7-4-19(5-8-20,6-9-20)13-25-17-11-14(21)3-10-24-17/h3,10-12H,4-9,13H2,1-2H3,(H,24,25). The Morgan fingerprint density at radius 1 is 1.19 bits per heavy atom. The average Bonchev–Trinajstić information content (AvgIpc) is 3.05. The highest BCUT2D eigenvalue weighted by molar-refractivity contribution is 9.10. The van der Waals surface area contributed by atoms with Gasteiger partial charge in [0, 0.05) is 42.3 Å². The molecule has 0 saturated heterocycles. The molecule has 3 aliphatic rings. The smallest absolute Gasteiger partial charge is 0.288 e. The molecule has 1 N–H and O–H groups in total. The van der Waals surface area contributed by atoms with E-state index in [0.29, 0.717) is 0 Å². The molecule has 3 aliphatic carbocycles. The fourth-order valence-corrected chi connectivity index (χ4v) is 5.21. The quantitative estimate of drug-likeness (QED) is 0.679. The molecule has 2 aromatic rings. The Hall–Kier alpha value is -1.50. The van der Waals surface area contributed by atoms with E-state index in [0.717, 1.165) is 68.0 Å². The largest absolute Gasteiger partial charge is 0.369 e. The van der Waals surface area contributed by atoms with E-state index < -0.39 is 5.92 Å². The molecule has 0 spiro atoms. The van der Waals surface area contributed by atoms with Crippen molar-refractivity contribution < 1.29 is 8.78 Å². The van der Waals surface area contributed by atoms with Crippen LogP contribution in [0.25, 0.3) is 0 Å². The van der Waals surface area contributed by atoms with Crippen LogP contribution in [-0.2, 0) is 18.4 Å². The van der Waals surface area contributed by atoms with Crippen molar-refractivity contribution in [3.05, 3.63) is 40.3 Å². The summed E-state index contributed by atoms with van der Waals surface area (Å²) >= 11 is 3.48. The minimum absolute atomic E-state index is 0.00102. The van der Waals surface area contributed by atoms with Crippen LogP contribution >= 0.6 is 15.9 Å². The van der Waals surface area contributed by atoms with E-state index in [4.69, 9.17) is 0 Å². The molecule has 7 heteroatoms. The zero-order chi connectivity index (χ0) is 19.3. The van der Waals surface area contributed by atoms with Crippen molar-refractivity contribution in [3.8, 4) is 0 Å². The van der Waals surface area contributed by atoms with Gasteiger partial charge in [0.25, 0.3) is 5.92 Å². The van der Waals surface area contributed by atoms with Gasteiger partial charge in [0.1, 0.15) is 11.5 Å². The molecule has 27 heavy (non-hydrogen) atoms. The van der Waals surface area contributed by atoms with Gasteiger partial charge in [0.2, 0.25) is 0 Å². The lowest BCUT2D eigenvalue weighted by molar-refractivity contribution is 0.0122. The fraction of sp³-hybridized carbons (Fsp3) is 0.600. The Bertz CT molecular complexity index is 818. The molecule has 146 valence electrons. The number of hydrogen-bond donors (Lipinski definition) is 1. The summed E-state index contributed by atoms with van der Waals surface area (Å²) in [5, 5.41) is 7.61. The van der Waals surface area contributed by atoms with Crippen molar-refractivity contribution in [1.29, 1.82) is 0 Å². The number of fused-ring (bicyclic) bond motifs is 3. The first-order chi connectivity index (χ1) is 12.7. The molecule has 2 bridgehead atoms. The van der Waals surface area contributed by atoms with E-state index in [-0.39, 0.29) is 16.5 Å². The molecule has 3 saturated carbocycles. The minimum Gasteiger partial charge on any atom is -0.369 e. The van der Waals surface area contributed by atoms with Crippen LogP contribution in [0.1, 0.15) is 56.8 Å². The summed E-state index contributed by atoms with van der Waals surface area (Å²) in [6.45, 7) is 1.83. The number of rotatable bonds is 5. The van der Waals surface area contributed by atoms with Gasteiger partial charge in [-0.3, -0.25) is 4.68 Å². The van der Waals surface area contributed by atoms with Gasteiger partial charge in [0.05, 0.1) is 0 Å². The van der Waals surface area contributed by atoms with Gasteiger partial charge < -0.3 is 5.32 Å². The SMILES string of the molecule is Cn1nc(C(C)(F)F)cc1C12CCC(CNc3cc(Br)ccn3)(CC1)CC2. The minimum atomic E-state index is -2.89. The Labute approximate surface area is 166 Å². The van der Waals surface area contributed by atoms with E-state index in [1.807, 2.05) is 12.1 Å². The number of hydrogen-bond acceptors (Lipinski definition) is 3. The summed E-state index contributed by atoms with van der Waals surface area (Å²) in [6, 6.07) is 5.55. The van der Waals surface area contributed by atoms with Crippen LogP contribution in [0.4, 0.5) is 14.6 Å². The van der Waals surface area contributed by atoms with Crippen LogP contribution in [0, 0.1) is 5.41 Å². The van der Waals surface area contributed by atoms with Crippen molar-refractivity contribution in [2.45, 2.75) is 56.8 Å². The van der Waals surface area contributed by atoms with Gasteiger partial charge in [-0.1, -0.05) is 15.9 Å². The Balaban J connectivity index is 1.47. The molecule has 4 nitrogen and oxygen atoms in total. The van der Waals surface area contributed by atoms with Gasteiger partial charge in [0.15, 0.2) is 0 Å². The normalized spacial score (nSPS) is 27.7. The molecule has 5 rings (SSSR count). The van der Waals surface area contributed by atoms with Crippen molar-refractivity contribution >= 4 is 21.7 Å². The third-order valence-electron chi connectivity index (χ3n) is 6.64. The average molecular weight is 439 g/mol. The number of halogens is 3. The first-order valence-electron chi connectivity index (χ1n) is 9.50. The molecular weight excluding hydrogens is 414 g/mol. The van der Waals surface area contributed by atoms with Gasteiger partial charge >= 0.3 is 0 Å². The molecular formula is C20H25BrF2N4. The van der Waals surface area contributed by atoms with E-state index in [1.165, 1.54) is 0 Å². The summed E-state index contributed by atoms with van der Waals surface area (Å²) in [5.41, 5.74) is 1.15. The van der Waals surface area contributed by atoms with Crippen LogP contribution < -0.4 is 5.32 Å². The van der Waals surface area contributed by atoms with Crippen molar-refractivity contribution in [3.63, 3.8) is 0 Å². The predicted octanol–water partition coefficient (Wildman–Crippen LogP) is 5.39. The Morgan fingerprint density at radius 3 is 2.41 bits per heavy atom. The number of aryl methyl sites for hydroxylation is 1. The lowest BCUT2D eigenvalue weighted by atomic mass is 9.52. The van der Waals surface area contributed by atoms with Crippen molar-refractivity contribution in [1.82, 2.24) is 14.8 Å². The molecule has 0 aliphatic heterocycles. The number of alkyl halides is 2. The lowest BCUT2D eigenvalue weighted by Crippen LogP contribution is -2.47. The molecule has 0 aromatic carbocycles. The molecule has 2 heterocycles. The number of aromatic nitrogens is 3. The third-order valence-corrected chi connectivity index (χ3v) is 7.13. The van der Waals surface area contributed by atoms with E-state index in [1.54, 1.807) is 24.0 Å². The third kappa shape index (κ3) is 3.50. The van der Waals surface area contributed by atoms with Crippen LogP contribution in [0.15, 0.2) is 28.9 Å². The van der Waals surface area contributed by atoms with Crippen LogP contribution in [-0.4, -0.2) is 21.3 Å². The summed E-state index contributed by atoms with van der Waals surface area (Å²) < 4.78 is 30.1. The van der Waals surface area contributed by atoms with Crippen LogP contribution in [0.2, 0.25) is 0 Å². The topological polar surface area (TPSA) is 42.7 Å². The first-order valence-corrected chi connectivity index (χ1v) is 10.3. The molecule has 3 fully saturated rings. The second-order valence-electron chi connectivity index (χ2n) is 8.42. The fourth-order valence-electron chi connectivity index (χ4n) is 4.87. The summed E-state index contributed by atoms with van der Waals surface area (Å²) in [5.74, 6) is -2.00. The Morgan fingerprint density at radius 2 is 1.85 bits per heavy atom. The second-order valence-corrected chi connectivity index (χ2v) is 9.34. The number of nitrogens with zero attached hydrogens (tertiary/aromatic N) is 3. The van der Waals surface area contributed by atoms with E-state index in [2.05, 4.69) is 31.3 Å². The van der Waals surface area contributed by atoms with Crippen molar-refractivity contribution in [2.75, 3.05) is 11.9 Å². The summed E-state index contributed by atoms with van der Waals surface area (Å²) in [6.07, 6.45) is 8.23. The zero-order valence-electron chi connectivity index (χ0n) is 15.7. The highest BCUT2D eigenvalue weighted by Gasteiger charge is 2.50. The van der Waals surface area contributed by atoms with Crippen molar-refractivity contribution in [2.24, 2.45) is 12.5 Å². The summed E-state index contributed by atoms with van der Waals surface area (Å²) in [7, 11) is 1.80. The van der Waals surface area contributed by atoms with E-state index in [9.17, 15) is 8.78 Å². The van der Waals surface area contributed by atoms with Gasteiger partial charge in [-0.2, -0.15) is 13.9 Å². The summed E-state index contributed by atoms with van der Waals surface area (Å²) in [4.78, 5) is 4.38. The number of anilines is 1. The molecule has 0 unspecified atom stereocenters.